The largest absolute Gasteiger partial charge is 0.494 e. The lowest BCUT2D eigenvalue weighted by molar-refractivity contribution is -0.0135. The van der Waals surface area contributed by atoms with E-state index < -0.39 is 23.8 Å². The van der Waals surface area contributed by atoms with Crippen LogP contribution in [0.2, 0.25) is 0 Å². The van der Waals surface area contributed by atoms with Crippen LogP contribution in [0.1, 0.15) is 79.0 Å². The van der Waals surface area contributed by atoms with E-state index in [-0.39, 0.29) is 0 Å². The average molecular weight is 446 g/mol. The van der Waals surface area contributed by atoms with Gasteiger partial charge in [0.2, 0.25) is 0 Å². The first-order valence-corrected chi connectivity index (χ1v) is 11.6. The first kappa shape index (κ1) is 25.7. The van der Waals surface area contributed by atoms with Gasteiger partial charge in [0.15, 0.2) is 0 Å². The minimum Gasteiger partial charge on any atom is -0.494 e. The summed E-state index contributed by atoms with van der Waals surface area (Å²) in [6, 6.07) is 7.71. The lowest BCUT2D eigenvalue weighted by Crippen LogP contribution is -2.58. The number of nitrogens with one attached hydrogen (secondary N) is 1. The van der Waals surface area contributed by atoms with Gasteiger partial charge in [-0.3, -0.25) is 4.90 Å². The van der Waals surface area contributed by atoms with Gasteiger partial charge in [-0.05, 0) is 58.4 Å². The minimum absolute atomic E-state index is 0.394. The number of carbonyl (C=O) groups is 1. The maximum atomic E-state index is 12.0. The quantitative estimate of drug-likeness (QED) is 0.359. The number of hydrogen-bond donors (Lipinski definition) is 3. The fourth-order valence-electron chi connectivity index (χ4n) is 4.03. The first-order valence-electron chi connectivity index (χ1n) is 11.6. The number of imidazole rings is 1. The number of rotatable bonds is 12. The molecular formula is C25H39N3O4. The molecule has 0 unspecified atom stereocenters. The van der Waals surface area contributed by atoms with Crippen molar-refractivity contribution in [3.8, 4) is 17.0 Å². The summed E-state index contributed by atoms with van der Waals surface area (Å²) in [5.74, 6) is 1.22. The van der Waals surface area contributed by atoms with Gasteiger partial charge in [0.05, 0.1) is 18.9 Å². The van der Waals surface area contributed by atoms with E-state index in [1.807, 2.05) is 24.3 Å². The number of aliphatic hydroxyl groups is 1. The Morgan fingerprint density at radius 1 is 1.06 bits per heavy atom. The van der Waals surface area contributed by atoms with Crippen LogP contribution in [-0.2, 0) is 5.54 Å². The average Bonchev–Trinajstić information content (AvgIpc) is 3.23. The van der Waals surface area contributed by atoms with E-state index in [1.54, 1.807) is 33.9 Å². The standard InChI is InChI=1S/C25H39N3O4/c1-6-7-8-9-10-11-16-32-20-14-12-19(13-15-20)21-17-26-22(27-21)25(5,18-29)28(23(30)31)24(2,3)4/h12-15,17,29H,6-11,16,18H2,1-5H3,(H,26,27)(H,30,31)/t25-/m0/s1. The molecule has 1 atom stereocenters. The SMILES string of the molecule is CCCCCCCCOc1ccc(-c2c[nH]c([C@](C)(CO)N(C(=O)O)C(C)(C)C)n2)cc1. The third kappa shape index (κ3) is 6.48. The summed E-state index contributed by atoms with van der Waals surface area (Å²) in [6.45, 7) is 9.60. The number of amides is 1. The van der Waals surface area contributed by atoms with Crippen molar-refractivity contribution >= 4 is 6.09 Å². The number of ether oxygens (including phenoxy) is 1. The van der Waals surface area contributed by atoms with Gasteiger partial charge < -0.3 is 19.9 Å². The van der Waals surface area contributed by atoms with Crippen molar-refractivity contribution < 1.29 is 19.7 Å². The second kappa shape index (κ2) is 11.4. The number of carboxylic acid groups (broad SMARTS) is 1. The molecule has 1 amide bonds. The molecule has 1 aromatic carbocycles. The Morgan fingerprint density at radius 3 is 2.25 bits per heavy atom. The van der Waals surface area contributed by atoms with E-state index in [2.05, 4.69) is 16.9 Å². The highest BCUT2D eigenvalue weighted by atomic mass is 16.5. The lowest BCUT2D eigenvalue weighted by Gasteiger charge is -2.44. The zero-order chi connectivity index (χ0) is 23.8. The van der Waals surface area contributed by atoms with Gasteiger partial charge in [0, 0.05) is 17.3 Å². The van der Waals surface area contributed by atoms with Crippen LogP contribution in [-0.4, -0.2) is 49.9 Å². The van der Waals surface area contributed by atoms with Crippen LogP contribution in [0, 0.1) is 0 Å². The summed E-state index contributed by atoms with van der Waals surface area (Å²) in [6.07, 6.45) is 8.00. The van der Waals surface area contributed by atoms with E-state index in [1.165, 1.54) is 37.0 Å². The Morgan fingerprint density at radius 2 is 1.69 bits per heavy atom. The summed E-state index contributed by atoms with van der Waals surface area (Å²) in [7, 11) is 0. The van der Waals surface area contributed by atoms with Crippen LogP contribution in [0.3, 0.4) is 0 Å². The van der Waals surface area contributed by atoms with Crippen LogP contribution in [0.5, 0.6) is 5.75 Å². The van der Waals surface area contributed by atoms with Crippen molar-refractivity contribution in [1.29, 1.82) is 0 Å². The van der Waals surface area contributed by atoms with E-state index in [4.69, 9.17) is 4.74 Å². The van der Waals surface area contributed by atoms with Crippen molar-refractivity contribution in [1.82, 2.24) is 14.9 Å². The van der Waals surface area contributed by atoms with Crippen LogP contribution in [0.15, 0.2) is 30.5 Å². The summed E-state index contributed by atoms with van der Waals surface area (Å²) in [5, 5.41) is 19.9. The molecule has 0 fully saturated rings. The Bertz CT molecular complexity index is 842. The van der Waals surface area contributed by atoms with Gasteiger partial charge in [0.25, 0.3) is 0 Å². The van der Waals surface area contributed by atoms with E-state index >= 15 is 0 Å². The molecule has 3 N–H and O–H groups in total. The van der Waals surface area contributed by atoms with Gasteiger partial charge >= 0.3 is 6.09 Å². The lowest BCUT2D eigenvalue weighted by atomic mass is 9.93. The molecule has 7 nitrogen and oxygen atoms in total. The summed E-state index contributed by atoms with van der Waals surface area (Å²) >= 11 is 0. The molecule has 0 radical (unpaired) electrons. The molecule has 2 rings (SSSR count). The second-order valence-corrected chi connectivity index (χ2v) is 9.50. The molecule has 0 spiro atoms. The first-order chi connectivity index (χ1) is 15.1. The Kier molecular flexibility index (Phi) is 9.13. The summed E-state index contributed by atoms with van der Waals surface area (Å²) in [5.41, 5.74) is -0.355. The third-order valence-electron chi connectivity index (χ3n) is 5.67. The molecule has 1 heterocycles. The van der Waals surface area contributed by atoms with Crippen LogP contribution >= 0.6 is 0 Å². The zero-order valence-corrected chi connectivity index (χ0v) is 20.1. The highest BCUT2D eigenvalue weighted by Crippen LogP contribution is 2.34. The number of aromatic amines is 1. The number of nitrogens with zero attached hydrogens (tertiary/aromatic N) is 2. The molecule has 2 aromatic rings. The monoisotopic (exact) mass is 445 g/mol. The van der Waals surface area contributed by atoms with Crippen molar-refractivity contribution in [2.75, 3.05) is 13.2 Å². The summed E-state index contributed by atoms with van der Waals surface area (Å²) < 4.78 is 5.84. The zero-order valence-electron chi connectivity index (χ0n) is 20.1. The topological polar surface area (TPSA) is 98.7 Å². The van der Waals surface area contributed by atoms with E-state index in [0.717, 1.165) is 17.7 Å². The molecule has 0 saturated carbocycles. The van der Waals surface area contributed by atoms with Crippen LogP contribution in [0.25, 0.3) is 11.3 Å². The van der Waals surface area contributed by atoms with Gasteiger partial charge in [-0.2, -0.15) is 0 Å². The highest BCUT2D eigenvalue weighted by Gasteiger charge is 2.45. The summed E-state index contributed by atoms with van der Waals surface area (Å²) in [4.78, 5) is 20.9. The molecule has 7 heteroatoms. The maximum Gasteiger partial charge on any atom is 0.408 e. The molecule has 0 aliphatic heterocycles. The number of hydrogen-bond acceptors (Lipinski definition) is 4. The Labute approximate surface area is 191 Å². The highest BCUT2D eigenvalue weighted by molar-refractivity contribution is 5.68. The molecule has 0 aliphatic carbocycles. The molecule has 32 heavy (non-hydrogen) atoms. The van der Waals surface area contributed by atoms with Gasteiger partial charge in [-0.1, -0.05) is 39.0 Å². The smallest absolute Gasteiger partial charge is 0.408 e. The molecule has 0 bridgehead atoms. The normalized spacial score (nSPS) is 13.6. The number of unbranched alkanes of at least 4 members (excludes halogenated alkanes) is 5. The molecule has 0 aliphatic rings. The fraction of sp³-hybridized carbons (Fsp3) is 0.600. The number of benzene rings is 1. The molecule has 0 saturated heterocycles. The number of aromatic nitrogens is 2. The van der Waals surface area contributed by atoms with Crippen LogP contribution < -0.4 is 4.74 Å². The van der Waals surface area contributed by atoms with Gasteiger partial charge in [-0.15, -0.1) is 0 Å². The van der Waals surface area contributed by atoms with E-state index in [9.17, 15) is 15.0 Å². The van der Waals surface area contributed by atoms with Crippen molar-refractivity contribution in [2.24, 2.45) is 0 Å². The van der Waals surface area contributed by atoms with Gasteiger partial charge in [0.1, 0.15) is 17.1 Å². The fourth-order valence-corrected chi connectivity index (χ4v) is 4.03. The Hall–Kier alpha value is -2.54. The van der Waals surface area contributed by atoms with Crippen LogP contribution in [0.4, 0.5) is 4.79 Å². The molecular weight excluding hydrogens is 406 g/mol. The van der Waals surface area contributed by atoms with Gasteiger partial charge in [-0.25, -0.2) is 9.78 Å². The van der Waals surface area contributed by atoms with Crippen molar-refractivity contribution in [3.05, 3.63) is 36.3 Å². The predicted octanol–water partition coefficient (Wildman–Crippen LogP) is 5.80. The predicted molar refractivity (Wildman–Crippen MR) is 127 cm³/mol. The number of H-pyrrole nitrogens is 1. The minimum atomic E-state index is -1.21. The Balaban J connectivity index is 2.05. The van der Waals surface area contributed by atoms with Crippen molar-refractivity contribution in [2.45, 2.75) is 84.2 Å². The third-order valence-corrected chi connectivity index (χ3v) is 5.67. The number of aliphatic hydroxyl groups excluding tert-OH is 1. The second-order valence-electron chi connectivity index (χ2n) is 9.50. The molecule has 1 aromatic heterocycles. The molecule has 178 valence electrons. The van der Waals surface area contributed by atoms with E-state index in [0.29, 0.717) is 18.1 Å². The van der Waals surface area contributed by atoms with Crippen molar-refractivity contribution in [3.63, 3.8) is 0 Å². The maximum absolute atomic E-state index is 12.0.